The molecule has 1 N–H and O–H groups in total. The van der Waals surface area contributed by atoms with Gasteiger partial charge in [0.15, 0.2) is 0 Å². The first kappa shape index (κ1) is 20.9. The summed E-state index contributed by atoms with van der Waals surface area (Å²) in [6, 6.07) is -0.549. The lowest BCUT2D eigenvalue weighted by atomic mass is 9.47. The van der Waals surface area contributed by atoms with Crippen molar-refractivity contribution in [2.75, 3.05) is 0 Å². The Bertz CT molecular complexity index is 679. The van der Waals surface area contributed by atoms with Crippen LogP contribution in [0.25, 0.3) is 9.69 Å². The Morgan fingerprint density at radius 2 is 1.63 bits per heavy atom. The van der Waals surface area contributed by atoms with Gasteiger partial charge in [0.25, 0.3) is 6.04 Å². The maximum atomic E-state index is 11.0. The Labute approximate surface area is 169 Å². The van der Waals surface area contributed by atoms with Crippen LogP contribution in [-0.2, 0) is 4.74 Å². The summed E-state index contributed by atoms with van der Waals surface area (Å²) >= 11 is 6.55. The maximum Gasteiger partial charge on any atom is 0.255 e. The van der Waals surface area contributed by atoms with Gasteiger partial charge in [0.2, 0.25) is 6.04 Å². The molecule has 150 valence electrons. The van der Waals surface area contributed by atoms with Crippen LogP contribution in [0.1, 0.15) is 73.1 Å². The highest BCUT2D eigenvalue weighted by Crippen LogP contribution is 2.62. The zero-order valence-electron chi connectivity index (χ0n) is 17.3. The molecule has 0 aromatic rings. The lowest BCUT2D eigenvalue weighted by Crippen LogP contribution is -2.67. The lowest BCUT2D eigenvalue weighted by Gasteiger charge is -2.61. The standard InChI is InChI=1S/C22H33ClN2O2/c1-19(2)16(23)10-13-22(5,27-19)20(3)11-9-15(24-6)14-8-12-21(4,26)18(25-7)17(14)20/h14-18,26H,8-13H2,1-5H3/t14?,15-,16-,17?,18-,20+,21-,22-/m1/s1. The van der Waals surface area contributed by atoms with E-state index in [9.17, 15) is 5.11 Å². The lowest BCUT2D eigenvalue weighted by molar-refractivity contribution is -0.250. The number of rotatable bonds is 1. The molecule has 0 radical (unpaired) electrons. The fourth-order valence-corrected chi connectivity index (χ4v) is 6.49. The van der Waals surface area contributed by atoms with E-state index in [0.29, 0.717) is 6.42 Å². The zero-order valence-corrected chi connectivity index (χ0v) is 18.0. The van der Waals surface area contributed by atoms with Crippen molar-refractivity contribution in [2.24, 2.45) is 17.3 Å². The van der Waals surface area contributed by atoms with Gasteiger partial charge in [-0.1, -0.05) is 6.92 Å². The van der Waals surface area contributed by atoms with Crippen molar-refractivity contribution in [3.8, 4) is 0 Å². The number of hydrogen-bond donors (Lipinski definition) is 1. The Hall–Kier alpha value is -0.810. The minimum atomic E-state index is -1.01. The van der Waals surface area contributed by atoms with Crippen LogP contribution in [0.5, 0.6) is 0 Å². The molecule has 3 fully saturated rings. The highest BCUT2D eigenvalue weighted by atomic mass is 35.5. The molecule has 0 amide bonds. The molecule has 0 spiro atoms. The molecule has 0 bridgehead atoms. The van der Waals surface area contributed by atoms with Crippen LogP contribution in [0.3, 0.4) is 0 Å². The predicted molar refractivity (Wildman–Crippen MR) is 107 cm³/mol. The highest BCUT2D eigenvalue weighted by Gasteiger charge is 2.68. The molecule has 8 atom stereocenters. The molecular weight excluding hydrogens is 360 g/mol. The summed E-state index contributed by atoms with van der Waals surface area (Å²) in [4.78, 5) is 7.87. The van der Waals surface area contributed by atoms with Crippen molar-refractivity contribution in [1.29, 1.82) is 0 Å². The van der Waals surface area contributed by atoms with E-state index in [2.05, 4.69) is 37.4 Å². The molecule has 0 aromatic heterocycles. The van der Waals surface area contributed by atoms with E-state index in [1.165, 1.54) is 0 Å². The zero-order chi connectivity index (χ0) is 20.3. The summed E-state index contributed by atoms with van der Waals surface area (Å²) in [6.07, 6.45) is 4.82. The van der Waals surface area contributed by atoms with Crippen molar-refractivity contribution in [3.63, 3.8) is 0 Å². The largest absolute Gasteiger partial charge is 0.382 e. The van der Waals surface area contributed by atoms with Crippen molar-refractivity contribution in [2.45, 2.75) is 107 Å². The van der Waals surface area contributed by atoms with Crippen LogP contribution in [0.2, 0.25) is 0 Å². The second-order valence-corrected chi connectivity index (χ2v) is 10.8. The second kappa shape index (κ2) is 6.62. The molecule has 2 aliphatic carbocycles. The van der Waals surface area contributed by atoms with E-state index in [4.69, 9.17) is 29.5 Å². The van der Waals surface area contributed by atoms with Crippen LogP contribution in [-0.4, -0.2) is 39.4 Å². The molecule has 1 heterocycles. The highest BCUT2D eigenvalue weighted by molar-refractivity contribution is 6.21. The maximum absolute atomic E-state index is 11.0. The van der Waals surface area contributed by atoms with Crippen molar-refractivity contribution >= 4 is 11.6 Å². The van der Waals surface area contributed by atoms with Crippen molar-refractivity contribution < 1.29 is 9.84 Å². The first-order valence-corrected chi connectivity index (χ1v) is 10.7. The average molecular weight is 393 g/mol. The first-order valence-electron chi connectivity index (χ1n) is 10.2. The molecule has 27 heavy (non-hydrogen) atoms. The fraction of sp³-hybridized carbons (Fsp3) is 0.909. The van der Waals surface area contributed by atoms with Gasteiger partial charge in [0.05, 0.1) is 22.5 Å². The predicted octanol–water partition coefficient (Wildman–Crippen LogP) is 5.09. The monoisotopic (exact) mass is 392 g/mol. The summed E-state index contributed by atoms with van der Waals surface area (Å²) in [6.45, 7) is 25.9. The van der Waals surface area contributed by atoms with Crippen LogP contribution in [0, 0.1) is 30.4 Å². The quantitative estimate of drug-likeness (QED) is 0.498. The SMILES string of the molecule is [C-]#[N+][C@@H]1C2C(CC[C@@]1(C)O)[C@H]([N+]#[C-])CC[C@]2(C)[C@@]1(C)CC[C@@H](Cl)C(C)(C)O1. The third-order valence-corrected chi connectivity index (χ3v) is 8.99. The summed E-state index contributed by atoms with van der Waals surface area (Å²) in [5.41, 5.74) is -2.14. The van der Waals surface area contributed by atoms with Crippen LogP contribution in [0.15, 0.2) is 0 Å². The number of halogens is 1. The van der Waals surface area contributed by atoms with Crippen LogP contribution < -0.4 is 0 Å². The van der Waals surface area contributed by atoms with E-state index in [1.807, 2.05) is 0 Å². The average Bonchev–Trinajstić information content (AvgIpc) is 2.58. The van der Waals surface area contributed by atoms with Crippen molar-refractivity contribution in [3.05, 3.63) is 22.8 Å². The molecule has 2 saturated carbocycles. The van der Waals surface area contributed by atoms with Crippen LogP contribution in [0.4, 0.5) is 0 Å². The van der Waals surface area contributed by atoms with Gasteiger partial charge in [-0.05, 0) is 59.8 Å². The number of hydrogen-bond acceptors (Lipinski definition) is 2. The first-order chi connectivity index (χ1) is 12.4. The molecule has 2 unspecified atom stereocenters. The summed E-state index contributed by atoms with van der Waals surface area (Å²) in [5.74, 6) is 0.108. The van der Waals surface area contributed by atoms with Crippen LogP contribution >= 0.6 is 11.6 Å². The van der Waals surface area contributed by atoms with E-state index in [-0.39, 0.29) is 28.7 Å². The normalized spacial score (nSPS) is 52.3. The molecular formula is C22H33ClN2O2. The third-order valence-electron chi connectivity index (χ3n) is 8.24. The fourth-order valence-electron chi connectivity index (χ4n) is 6.33. The van der Waals surface area contributed by atoms with Gasteiger partial charge >= 0.3 is 0 Å². The number of aliphatic hydroxyl groups is 1. The number of alkyl halides is 1. The minimum absolute atomic E-state index is 0.0318. The second-order valence-electron chi connectivity index (χ2n) is 10.3. The smallest absolute Gasteiger partial charge is 0.255 e. The summed E-state index contributed by atoms with van der Waals surface area (Å²) in [7, 11) is 0. The van der Waals surface area contributed by atoms with E-state index < -0.39 is 22.8 Å². The van der Waals surface area contributed by atoms with E-state index >= 15 is 0 Å². The van der Waals surface area contributed by atoms with Gasteiger partial charge in [0, 0.05) is 17.8 Å². The van der Waals surface area contributed by atoms with Gasteiger partial charge in [-0.25, -0.2) is 13.1 Å². The topological polar surface area (TPSA) is 38.2 Å². The summed E-state index contributed by atoms with van der Waals surface area (Å²) < 4.78 is 6.70. The Balaban J connectivity index is 2.07. The number of ether oxygens (including phenoxy) is 1. The van der Waals surface area contributed by atoms with Gasteiger partial charge in [-0.3, -0.25) is 0 Å². The molecule has 1 saturated heterocycles. The minimum Gasteiger partial charge on any atom is -0.382 e. The summed E-state index contributed by atoms with van der Waals surface area (Å²) in [5, 5.41) is 11.0. The molecule has 0 aromatic carbocycles. The third kappa shape index (κ3) is 3.09. The number of fused-ring (bicyclic) bond motifs is 1. The molecule has 4 nitrogen and oxygen atoms in total. The molecule has 3 aliphatic rings. The van der Waals surface area contributed by atoms with E-state index in [1.54, 1.807) is 6.92 Å². The van der Waals surface area contributed by atoms with Gasteiger partial charge in [-0.2, -0.15) is 0 Å². The Morgan fingerprint density at radius 1 is 0.963 bits per heavy atom. The number of nitrogens with zero attached hydrogens (tertiary/aromatic N) is 2. The molecule has 5 heteroatoms. The Morgan fingerprint density at radius 3 is 2.19 bits per heavy atom. The van der Waals surface area contributed by atoms with E-state index in [0.717, 1.165) is 32.1 Å². The Kier molecular flexibility index (Phi) is 5.13. The molecule has 1 aliphatic heterocycles. The van der Waals surface area contributed by atoms with Gasteiger partial charge < -0.3 is 19.5 Å². The van der Waals surface area contributed by atoms with Gasteiger partial charge in [0.1, 0.15) is 5.60 Å². The van der Waals surface area contributed by atoms with Crippen molar-refractivity contribution in [1.82, 2.24) is 0 Å². The van der Waals surface area contributed by atoms with Gasteiger partial charge in [-0.15, -0.1) is 11.6 Å². The molecule has 3 rings (SSSR count).